The summed E-state index contributed by atoms with van der Waals surface area (Å²) < 4.78 is 7.70. The van der Waals surface area contributed by atoms with Crippen LogP contribution >= 0.6 is 0 Å². The lowest BCUT2D eigenvalue weighted by atomic mass is 10.00. The lowest BCUT2D eigenvalue weighted by molar-refractivity contribution is -0.121. The van der Waals surface area contributed by atoms with Gasteiger partial charge in [0, 0.05) is 55.6 Å². The third-order valence-corrected chi connectivity index (χ3v) is 6.99. The molecule has 1 fully saturated rings. The first-order valence-corrected chi connectivity index (χ1v) is 12.6. The number of amides is 1. The number of ether oxygens (including phenoxy) is 1. The first kappa shape index (κ1) is 25.6. The number of anilines is 1. The third-order valence-electron chi connectivity index (χ3n) is 6.99. The first-order chi connectivity index (χ1) is 18.2. The van der Waals surface area contributed by atoms with Crippen molar-refractivity contribution < 1.29 is 14.6 Å². The number of carbonyl (C=O) groups excluding carboxylic acids is 1. The van der Waals surface area contributed by atoms with E-state index in [0.29, 0.717) is 43.3 Å². The van der Waals surface area contributed by atoms with Gasteiger partial charge in [0.2, 0.25) is 0 Å². The molecule has 1 saturated heterocycles. The Balaban J connectivity index is 1.42. The summed E-state index contributed by atoms with van der Waals surface area (Å²) in [5.74, 6) is 0.452. The van der Waals surface area contributed by atoms with E-state index in [1.807, 2.05) is 36.9 Å². The number of morpholine rings is 1. The number of aliphatic hydroxyl groups is 1. The maximum absolute atomic E-state index is 12.9. The zero-order valence-electron chi connectivity index (χ0n) is 22.2. The van der Waals surface area contributed by atoms with Gasteiger partial charge in [0.05, 0.1) is 47.2 Å². The highest BCUT2D eigenvalue weighted by molar-refractivity contribution is 6.09. The van der Waals surface area contributed by atoms with Gasteiger partial charge in [0.25, 0.3) is 5.91 Å². The van der Waals surface area contributed by atoms with Crippen molar-refractivity contribution in [2.45, 2.75) is 39.0 Å². The molecule has 0 saturated carbocycles. The molecule has 0 radical (unpaired) electrons. The van der Waals surface area contributed by atoms with E-state index in [9.17, 15) is 9.90 Å². The normalized spacial score (nSPS) is 18.5. The van der Waals surface area contributed by atoms with Gasteiger partial charge in [-0.15, -0.1) is 0 Å². The number of aromatic nitrogens is 3. The summed E-state index contributed by atoms with van der Waals surface area (Å²) in [5.41, 5.74) is 4.45. The van der Waals surface area contributed by atoms with Crippen molar-refractivity contribution in [1.29, 1.82) is 0 Å². The third kappa shape index (κ3) is 4.80. The number of pyridine rings is 2. The minimum atomic E-state index is -0.950. The number of hydrogen-bond donors (Lipinski definition) is 3. The molecule has 5 heterocycles. The molecule has 2 aliphatic rings. The number of aryl methyl sites for hydroxylation is 1. The molecule has 5 rings (SSSR count). The number of nitrogens with zero attached hydrogens (tertiary/aromatic N) is 5. The molecule has 0 aromatic carbocycles. The summed E-state index contributed by atoms with van der Waals surface area (Å²) in [6, 6.07) is 3.95. The standard InChI is InChI=1S/C28H33N7O3/c1-6-18(35-11-12-38-23(16-35)28(3,4)37)13-30-17(2)33-22-15-31-25(21-14-32-27(36)24(21)22)19-7-9-29-26-20(19)8-10-34(26)5/h6-10,13,15,23,37H,1,11-12,14,16H2,2-5H3,(H,30,33)(H,32,36)/b18-13+/t23-/m0/s1. The second kappa shape index (κ2) is 10.0. The molecule has 1 atom stereocenters. The van der Waals surface area contributed by atoms with E-state index in [1.165, 1.54) is 0 Å². The Morgan fingerprint density at radius 1 is 1.37 bits per heavy atom. The first-order valence-electron chi connectivity index (χ1n) is 12.6. The molecule has 10 heteroatoms. The van der Waals surface area contributed by atoms with Gasteiger partial charge in [-0.1, -0.05) is 6.58 Å². The van der Waals surface area contributed by atoms with Crippen LogP contribution in [-0.4, -0.2) is 67.7 Å². The fourth-order valence-electron chi connectivity index (χ4n) is 4.90. The highest BCUT2D eigenvalue weighted by atomic mass is 16.5. The van der Waals surface area contributed by atoms with Crippen molar-refractivity contribution in [2.24, 2.45) is 12.0 Å². The molecule has 10 nitrogen and oxygen atoms in total. The molecule has 3 N–H and O–H groups in total. The van der Waals surface area contributed by atoms with Crippen LogP contribution in [0.5, 0.6) is 0 Å². The zero-order chi connectivity index (χ0) is 27.0. The van der Waals surface area contributed by atoms with Crippen LogP contribution in [0.4, 0.5) is 5.69 Å². The van der Waals surface area contributed by atoms with Gasteiger partial charge in [0.1, 0.15) is 17.6 Å². The number of carbonyl (C=O) groups is 1. The van der Waals surface area contributed by atoms with Gasteiger partial charge in [-0.2, -0.15) is 0 Å². The molecule has 3 aromatic rings. The van der Waals surface area contributed by atoms with E-state index in [2.05, 4.69) is 32.1 Å². The quantitative estimate of drug-likeness (QED) is 0.262. The summed E-state index contributed by atoms with van der Waals surface area (Å²) in [6.45, 7) is 11.4. The Labute approximate surface area is 221 Å². The van der Waals surface area contributed by atoms with Gasteiger partial charge in [-0.3, -0.25) is 9.78 Å². The Morgan fingerprint density at radius 2 is 2.18 bits per heavy atom. The topological polar surface area (TPSA) is 117 Å². The average Bonchev–Trinajstić information content (AvgIpc) is 3.47. The highest BCUT2D eigenvalue weighted by Crippen LogP contribution is 2.35. The van der Waals surface area contributed by atoms with Crippen LogP contribution in [0.3, 0.4) is 0 Å². The number of nitrogens with one attached hydrogen (secondary N) is 2. The second-order valence-corrected chi connectivity index (χ2v) is 10.1. The summed E-state index contributed by atoms with van der Waals surface area (Å²) in [6.07, 6.45) is 8.57. The number of rotatable bonds is 6. The van der Waals surface area contributed by atoms with Crippen LogP contribution in [0.1, 0.15) is 36.7 Å². The smallest absolute Gasteiger partial charge is 0.254 e. The Hall–Kier alpha value is -4.02. The molecule has 3 aromatic heterocycles. The predicted octanol–water partition coefficient (Wildman–Crippen LogP) is 3.21. The van der Waals surface area contributed by atoms with E-state index >= 15 is 0 Å². The summed E-state index contributed by atoms with van der Waals surface area (Å²) in [4.78, 5) is 28.8. The van der Waals surface area contributed by atoms with E-state index in [4.69, 9.17) is 9.72 Å². The monoisotopic (exact) mass is 515 g/mol. The molecular formula is C28H33N7O3. The predicted molar refractivity (Wildman–Crippen MR) is 148 cm³/mol. The second-order valence-electron chi connectivity index (χ2n) is 10.1. The van der Waals surface area contributed by atoms with E-state index in [1.54, 1.807) is 38.5 Å². The molecule has 1 amide bonds. The van der Waals surface area contributed by atoms with Crippen molar-refractivity contribution in [2.75, 3.05) is 25.0 Å². The Bertz CT molecular complexity index is 1470. The van der Waals surface area contributed by atoms with Crippen molar-refractivity contribution in [3.05, 3.63) is 66.4 Å². The Morgan fingerprint density at radius 3 is 2.95 bits per heavy atom. The molecule has 0 unspecified atom stereocenters. The minimum absolute atomic E-state index is 0.148. The fraction of sp³-hybridized carbons (Fsp3) is 0.357. The number of amidine groups is 1. The molecule has 198 valence electrons. The molecule has 0 bridgehead atoms. The van der Waals surface area contributed by atoms with Crippen LogP contribution in [0.15, 0.2) is 60.3 Å². The SMILES string of the molecule is C=C/C(=C\N=C(/C)Nc1cnc(-c2ccnc3c2ccn3C)c2c1C(=O)NC2)N1CCO[C@H](C(C)(C)O)C1. The van der Waals surface area contributed by atoms with Gasteiger partial charge in [-0.05, 0) is 39.0 Å². The molecule has 38 heavy (non-hydrogen) atoms. The number of fused-ring (bicyclic) bond motifs is 2. The largest absolute Gasteiger partial charge is 0.388 e. The van der Waals surface area contributed by atoms with Gasteiger partial charge in [0.15, 0.2) is 0 Å². The van der Waals surface area contributed by atoms with Gasteiger partial charge >= 0.3 is 0 Å². The van der Waals surface area contributed by atoms with Crippen molar-refractivity contribution >= 4 is 28.5 Å². The van der Waals surface area contributed by atoms with E-state index < -0.39 is 5.60 Å². The summed E-state index contributed by atoms with van der Waals surface area (Å²) in [7, 11) is 1.95. The molecule has 0 aliphatic carbocycles. The summed E-state index contributed by atoms with van der Waals surface area (Å²) >= 11 is 0. The van der Waals surface area contributed by atoms with Crippen LogP contribution in [0.25, 0.3) is 22.3 Å². The summed E-state index contributed by atoms with van der Waals surface area (Å²) in [5, 5.41) is 17.5. The molecule has 2 aliphatic heterocycles. The van der Waals surface area contributed by atoms with Crippen LogP contribution in [-0.2, 0) is 18.3 Å². The minimum Gasteiger partial charge on any atom is -0.388 e. The van der Waals surface area contributed by atoms with Crippen LogP contribution < -0.4 is 10.6 Å². The number of hydrogen-bond acceptors (Lipinski definition) is 7. The van der Waals surface area contributed by atoms with Crippen molar-refractivity contribution in [3.8, 4) is 11.3 Å². The molecule has 0 spiro atoms. The van der Waals surface area contributed by atoms with Gasteiger partial charge < -0.3 is 29.9 Å². The maximum atomic E-state index is 12.9. The average molecular weight is 516 g/mol. The fourth-order valence-corrected chi connectivity index (χ4v) is 4.90. The van der Waals surface area contributed by atoms with Crippen LogP contribution in [0, 0.1) is 0 Å². The molecular weight excluding hydrogens is 482 g/mol. The number of aliphatic imine (C=N–C) groups is 1. The van der Waals surface area contributed by atoms with Crippen LogP contribution in [0.2, 0.25) is 0 Å². The van der Waals surface area contributed by atoms with Gasteiger partial charge in [-0.25, -0.2) is 9.98 Å². The van der Waals surface area contributed by atoms with Crippen molar-refractivity contribution in [1.82, 2.24) is 24.8 Å². The Kier molecular flexibility index (Phi) is 6.77. The zero-order valence-corrected chi connectivity index (χ0v) is 22.2. The maximum Gasteiger partial charge on any atom is 0.254 e. The lowest BCUT2D eigenvalue weighted by Crippen LogP contribution is -2.51. The van der Waals surface area contributed by atoms with Crippen molar-refractivity contribution in [3.63, 3.8) is 0 Å². The number of allylic oxidation sites excluding steroid dienone is 1. The van der Waals surface area contributed by atoms with E-state index in [-0.39, 0.29) is 12.0 Å². The highest BCUT2D eigenvalue weighted by Gasteiger charge is 2.33. The lowest BCUT2D eigenvalue weighted by Gasteiger charge is -2.39. The van der Waals surface area contributed by atoms with E-state index in [0.717, 1.165) is 33.6 Å².